The van der Waals surface area contributed by atoms with E-state index in [0.29, 0.717) is 0 Å². The highest BCUT2D eigenvalue weighted by Gasteiger charge is 2.39. The van der Waals surface area contributed by atoms with Crippen molar-refractivity contribution >= 4 is 5.69 Å². The van der Waals surface area contributed by atoms with Crippen LogP contribution < -0.4 is 5.32 Å². The first-order valence-corrected chi connectivity index (χ1v) is 7.20. The van der Waals surface area contributed by atoms with Crippen LogP contribution in [0.1, 0.15) is 44.6 Å². The molecule has 3 unspecified atom stereocenters. The van der Waals surface area contributed by atoms with E-state index in [2.05, 4.69) is 36.5 Å². The van der Waals surface area contributed by atoms with Gasteiger partial charge in [0.05, 0.1) is 0 Å². The highest BCUT2D eigenvalue weighted by atomic mass is 14.9. The third kappa shape index (κ3) is 2.34. The molecule has 2 bridgehead atoms. The SMILES string of the molecule is CCCc1ccc(NC2CC3CCC2C3)cc1. The van der Waals surface area contributed by atoms with Crippen LogP contribution in [0.15, 0.2) is 24.3 Å². The molecule has 0 aliphatic heterocycles. The van der Waals surface area contributed by atoms with Gasteiger partial charge in [-0.2, -0.15) is 0 Å². The average Bonchev–Trinajstić information content (AvgIpc) is 2.94. The minimum absolute atomic E-state index is 0.755. The van der Waals surface area contributed by atoms with Gasteiger partial charge in [0.25, 0.3) is 0 Å². The van der Waals surface area contributed by atoms with Gasteiger partial charge in [-0.3, -0.25) is 0 Å². The Bertz CT molecular complexity index is 368. The molecule has 92 valence electrons. The largest absolute Gasteiger partial charge is 0.382 e. The van der Waals surface area contributed by atoms with E-state index < -0.39 is 0 Å². The summed E-state index contributed by atoms with van der Waals surface area (Å²) >= 11 is 0. The molecule has 0 saturated heterocycles. The number of anilines is 1. The summed E-state index contributed by atoms with van der Waals surface area (Å²) in [6, 6.07) is 9.83. The zero-order chi connectivity index (χ0) is 11.7. The lowest BCUT2D eigenvalue weighted by Gasteiger charge is -2.24. The molecule has 0 radical (unpaired) electrons. The Morgan fingerprint density at radius 2 is 1.94 bits per heavy atom. The molecule has 17 heavy (non-hydrogen) atoms. The van der Waals surface area contributed by atoms with Gasteiger partial charge in [0.15, 0.2) is 0 Å². The second-order valence-corrected chi connectivity index (χ2v) is 5.87. The minimum atomic E-state index is 0.755. The zero-order valence-corrected chi connectivity index (χ0v) is 10.8. The highest BCUT2D eigenvalue weighted by Crippen LogP contribution is 2.45. The normalized spacial score (nSPS) is 30.8. The van der Waals surface area contributed by atoms with Gasteiger partial charge in [-0.05, 0) is 55.2 Å². The number of nitrogens with one attached hydrogen (secondary N) is 1. The Morgan fingerprint density at radius 3 is 2.53 bits per heavy atom. The molecule has 1 nitrogen and oxygen atoms in total. The fraction of sp³-hybridized carbons (Fsp3) is 0.625. The van der Waals surface area contributed by atoms with Crippen molar-refractivity contribution in [1.82, 2.24) is 0 Å². The molecule has 0 heterocycles. The second kappa shape index (κ2) is 4.72. The Balaban J connectivity index is 1.61. The Kier molecular flexibility index (Phi) is 3.09. The lowest BCUT2D eigenvalue weighted by Crippen LogP contribution is -2.25. The fourth-order valence-electron chi connectivity index (χ4n) is 3.69. The van der Waals surface area contributed by atoms with Crippen molar-refractivity contribution < 1.29 is 0 Å². The fourth-order valence-corrected chi connectivity index (χ4v) is 3.69. The molecule has 2 saturated carbocycles. The van der Waals surface area contributed by atoms with Crippen LogP contribution in [0, 0.1) is 11.8 Å². The Labute approximate surface area is 105 Å². The number of hydrogen-bond donors (Lipinski definition) is 1. The molecule has 1 aromatic rings. The van der Waals surface area contributed by atoms with Crippen LogP contribution in [0.2, 0.25) is 0 Å². The Morgan fingerprint density at radius 1 is 1.12 bits per heavy atom. The quantitative estimate of drug-likeness (QED) is 0.814. The van der Waals surface area contributed by atoms with Gasteiger partial charge in [0, 0.05) is 11.7 Å². The molecule has 3 rings (SSSR count). The minimum Gasteiger partial charge on any atom is -0.382 e. The molecule has 3 atom stereocenters. The van der Waals surface area contributed by atoms with Gasteiger partial charge in [-0.1, -0.05) is 31.9 Å². The first-order valence-electron chi connectivity index (χ1n) is 7.20. The summed E-state index contributed by atoms with van der Waals surface area (Å²) < 4.78 is 0. The third-order valence-electron chi connectivity index (χ3n) is 4.58. The van der Waals surface area contributed by atoms with E-state index in [1.54, 1.807) is 0 Å². The molecule has 2 fully saturated rings. The van der Waals surface area contributed by atoms with Crippen molar-refractivity contribution in [3.63, 3.8) is 0 Å². The maximum Gasteiger partial charge on any atom is 0.0342 e. The van der Waals surface area contributed by atoms with Crippen LogP contribution in [0.5, 0.6) is 0 Å². The highest BCUT2D eigenvalue weighted by molar-refractivity contribution is 5.46. The van der Waals surface area contributed by atoms with E-state index in [4.69, 9.17) is 0 Å². The monoisotopic (exact) mass is 229 g/mol. The summed E-state index contributed by atoms with van der Waals surface area (Å²) in [6.45, 7) is 2.24. The molecule has 0 amide bonds. The standard InChI is InChI=1S/C16H23N/c1-2-3-12-5-8-15(9-6-12)17-16-11-13-4-7-14(16)10-13/h5-6,8-9,13-14,16-17H,2-4,7,10-11H2,1H3. The van der Waals surface area contributed by atoms with Gasteiger partial charge in [0.2, 0.25) is 0 Å². The van der Waals surface area contributed by atoms with Crippen LogP contribution >= 0.6 is 0 Å². The molecule has 2 aliphatic rings. The number of aryl methyl sites for hydroxylation is 1. The number of benzene rings is 1. The van der Waals surface area contributed by atoms with E-state index in [0.717, 1.165) is 17.9 Å². The van der Waals surface area contributed by atoms with E-state index in [1.165, 1.54) is 49.8 Å². The van der Waals surface area contributed by atoms with Crippen molar-refractivity contribution in [2.75, 3.05) is 5.32 Å². The molecular formula is C16H23N. The third-order valence-corrected chi connectivity index (χ3v) is 4.58. The first kappa shape index (κ1) is 11.1. The molecule has 0 aromatic heterocycles. The number of rotatable bonds is 4. The molecule has 2 aliphatic carbocycles. The van der Waals surface area contributed by atoms with Crippen LogP contribution in [0.4, 0.5) is 5.69 Å². The lowest BCUT2D eigenvalue weighted by atomic mass is 9.95. The summed E-state index contributed by atoms with van der Waals surface area (Å²) in [4.78, 5) is 0. The zero-order valence-electron chi connectivity index (χ0n) is 10.8. The van der Waals surface area contributed by atoms with Crippen molar-refractivity contribution in [3.8, 4) is 0 Å². The second-order valence-electron chi connectivity index (χ2n) is 5.87. The van der Waals surface area contributed by atoms with Gasteiger partial charge < -0.3 is 5.32 Å². The molecule has 1 N–H and O–H groups in total. The van der Waals surface area contributed by atoms with Crippen LogP contribution in [0.3, 0.4) is 0 Å². The summed E-state index contributed by atoms with van der Waals surface area (Å²) in [7, 11) is 0. The first-order chi connectivity index (χ1) is 8.35. The maximum atomic E-state index is 3.74. The molecule has 0 spiro atoms. The predicted octanol–water partition coefficient (Wildman–Crippen LogP) is 4.24. The van der Waals surface area contributed by atoms with Crippen molar-refractivity contribution in [2.24, 2.45) is 11.8 Å². The topological polar surface area (TPSA) is 12.0 Å². The number of hydrogen-bond acceptors (Lipinski definition) is 1. The molecular weight excluding hydrogens is 206 g/mol. The van der Waals surface area contributed by atoms with Gasteiger partial charge >= 0.3 is 0 Å². The molecule has 1 aromatic carbocycles. The van der Waals surface area contributed by atoms with Crippen LogP contribution in [-0.4, -0.2) is 6.04 Å². The van der Waals surface area contributed by atoms with E-state index >= 15 is 0 Å². The lowest BCUT2D eigenvalue weighted by molar-refractivity contribution is 0.440. The van der Waals surface area contributed by atoms with E-state index in [1.807, 2.05) is 0 Å². The van der Waals surface area contributed by atoms with E-state index in [-0.39, 0.29) is 0 Å². The summed E-state index contributed by atoms with van der Waals surface area (Å²) in [5, 5.41) is 3.74. The van der Waals surface area contributed by atoms with Crippen molar-refractivity contribution in [3.05, 3.63) is 29.8 Å². The van der Waals surface area contributed by atoms with Gasteiger partial charge in [-0.25, -0.2) is 0 Å². The predicted molar refractivity (Wildman–Crippen MR) is 73.3 cm³/mol. The summed E-state index contributed by atoms with van der Waals surface area (Å²) in [5.41, 5.74) is 2.79. The summed E-state index contributed by atoms with van der Waals surface area (Å²) in [6.07, 6.45) is 8.26. The summed E-state index contributed by atoms with van der Waals surface area (Å²) in [5.74, 6) is 1.98. The maximum absolute atomic E-state index is 3.74. The van der Waals surface area contributed by atoms with E-state index in [9.17, 15) is 0 Å². The van der Waals surface area contributed by atoms with Crippen LogP contribution in [0.25, 0.3) is 0 Å². The van der Waals surface area contributed by atoms with Crippen molar-refractivity contribution in [1.29, 1.82) is 0 Å². The smallest absolute Gasteiger partial charge is 0.0342 e. The van der Waals surface area contributed by atoms with Gasteiger partial charge in [0.1, 0.15) is 0 Å². The van der Waals surface area contributed by atoms with Gasteiger partial charge in [-0.15, -0.1) is 0 Å². The van der Waals surface area contributed by atoms with Crippen molar-refractivity contribution in [2.45, 2.75) is 51.5 Å². The Hall–Kier alpha value is -0.980. The van der Waals surface area contributed by atoms with Crippen LogP contribution in [-0.2, 0) is 6.42 Å². The number of fused-ring (bicyclic) bond motifs is 2. The molecule has 1 heteroatoms. The average molecular weight is 229 g/mol.